The molecule has 1 amide bonds. The minimum atomic E-state index is -0.119. The lowest BCUT2D eigenvalue weighted by Crippen LogP contribution is -2.28. The molecule has 0 spiro atoms. The first kappa shape index (κ1) is 11.9. The fraction of sp³-hybridized carbons (Fsp3) is 0.364. The summed E-state index contributed by atoms with van der Waals surface area (Å²) in [7, 11) is 0. The molecule has 82 valence electrons. The Balaban J connectivity index is 2.54. The van der Waals surface area contributed by atoms with Gasteiger partial charge in [-0.2, -0.15) is 0 Å². The fourth-order valence-corrected chi connectivity index (χ4v) is 1.39. The van der Waals surface area contributed by atoms with E-state index in [2.05, 4.69) is 5.32 Å². The second-order valence-electron chi connectivity index (χ2n) is 3.15. The summed E-state index contributed by atoms with van der Waals surface area (Å²) < 4.78 is 5.34. The van der Waals surface area contributed by atoms with Gasteiger partial charge in [-0.05, 0) is 37.6 Å². The molecule has 0 aliphatic heterocycles. The van der Waals surface area contributed by atoms with Gasteiger partial charge in [-0.1, -0.05) is 11.6 Å². The van der Waals surface area contributed by atoms with Crippen molar-refractivity contribution >= 4 is 17.5 Å². The van der Waals surface area contributed by atoms with Gasteiger partial charge in [0.1, 0.15) is 5.75 Å². The largest absolute Gasteiger partial charge is 0.484 e. The summed E-state index contributed by atoms with van der Waals surface area (Å²) in [6, 6.07) is 5.30. The molecule has 0 aliphatic rings. The van der Waals surface area contributed by atoms with Gasteiger partial charge in [0.05, 0.1) is 0 Å². The van der Waals surface area contributed by atoms with Gasteiger partial charge in [-0.15, -0.1) is 0 Å². The summed E-state index contributed by atoms with van der Waals surface area (Å²) in [5.41, 5.74) is 0.923. The van der Waals surface area contributed by atoms with E-state index in [0.717, 1.165) is 5.56 Å². The molecule has 0 fully saturated rings. The van der Waals surface area contributed by atoms with Gasteiger partial charge in [0.15, 0.2) is 6.61 Å². The summed E-state index contributed by atoms with van der Waals surface area (Å²) in [6.45, 7) is 4.41. The van der Waals surface area contributed by atoms with Crippen molar-refractivity contribution in [2.75, 3.05) is 13.2 Å². The number of aryl methyl sites for hydroxylation is 1. The molecular weight excluding hydrogens is 214 g/mol. The monoisotopic (exact) mass is 227 g/mol. The van der Waals surface area contributed by atoms with E-state index in [-0.39, 0.29) is 12.5 Å². The molecule has 1 N–H and O–H groups in total. The van der Waals surface area contributed by atoms with Crippen molar-refractivity contribution in [1.29, 1.82) is 0 Å². The molecule has 1 rings (SSSR count). The van der Waals surface area contributed by atoms with Gasteiger partial charge in [-0.25, -0.2) is 0 Å². The van der Waals surface area contributed by atoms with E-state index in [4.69, 9.17) is 16.3 Å². The number of amides is 1. The van der Waals surface area contributed by atoms with Crippen molar-refractivity contribution in [3.63, 3.8) is 0 Å². The highest BCUT2D eigenvalue weighted by molar-refractivity contribution is 6.30. The zero-order valence-electron chi connectivity index (χ0n) is 8.84. The molecule has 0 unspecified atom stereocenters. The van der Waals surface area contributed by atoms with Crippen molar-refractivity contribution in [2.45, 2.75) is 13.8 Å². The van der Waals surface area contributed by atoms with E-state index in [1.165, 1.54) is 0 Å². The number of carbonyl (C=O) groups is 1. The van der Waals surface area contributed by atoms with E-state index < -0.39 is 0 Å². The van der Waals surface area contributed by atoms with Gasteiger partial charge in [-0.3, -0.25) is 4.79 Å². The zero-order chi connectivity index (χ0) is 11.3. The van der Waals surface area contributed by atoms with E-state index in [1.54, 1.807) is 18.2 Å². The number of likely N-dealkylation sites (N-methyl/N-ethyl adjacent to an activating group) is 1. The van der Waals surface area contributed by atoms with E-state index in [0.29, 0.717) is 17.3 Å². The van der Waals surface area contributed by atoms with Gasteiger partial charge in [0.2, 0.25) is 0 Å². The number of hydrogen-bond acceptors (Lipinski definition) is 2. The first-order valence-electron chi connectivity index (χ1n) is 4.79. The minimum absolute atomic E-state index is 0.0380. The van der Waals surface area contributed by atoms with E-state index >= 15 is 0 Å². The van der Waals surface area contributed by atoms with Crippen LogP contribution in [0.4, 0.5) is 0 Å². The molecule has 1 aromatic carbocycles. The predicted octanol–water partition coefficient (Wildman–Crippen LogP) is 2.16. The van der Waals surface area contributed by atoms with Crippen LogP contribution in [0.25, 0.3) is 0 Å². The molecule has 0 aliphatic carbocycles. The SMILES string of the molecule is CCNC(=O)COc1ccc(Cl)cc1C. The molecule has 3 nitrogen and oxygen atoms in total. The van der Waals surface area contributed by atoms with Crippen LogP contribution in [0, 0.1) is 6.92 Å². The third-order valence-electron chi connectivity index (χ3n) is 1.87. The Morgan fingerprint density at radius 1 is 1.53 bits per heavy atom. The van der Waals surface area contributed by atoms with E-state index in [9.17, 15) is 4.79 Å². The molecule has 0 heterocycles. The van der Waals surface area contributed by atoms with Gasteiger partial charge < -0.3 is 10.1 Å². The van der Waals surface area contributed by atoms with Crippen LogP contribution in [-0.4, -0.2) is 19.1 Å². The Kier molecular flexibility index (Phi) is 4.43. The van der Waals surface area contributed by atoms with Crippen LogP contribution in [0.15, 0.2) is 18.2 Å². The molecule has 1 aromatic rings. The Morgan fingerprint density at radius 2 is 2.27 bits per heavy atom. The number of ether oxygens (including phenoxy) is 1. The normalized spacial score (nSPS) is 9.80. The smallest absolute Gasteiger partial charge is 0.257 e. The second kappa shape index (κ2) is 5.61. The molecule has 0 radical (unpaired) electrons. The number of nitrogens with one attached hydrogen (secondary N) is 1. The molecule has 0 aromatic heterocycles. The Hall–Kier alpha value is -1.22. The minimum Gasteiger partial charge on any atom is -0.484 e. The zero-order valence-corrected chi connectivity index (χ0v) is 9.60. The van der Waals surface area contributed by atoms with Crippen LogP contribution in [0.3, 0.4) is 0 Å². The maximum absolute atomic E-state index is 11.1. The number of carbonyl (C=O) groups excluding carboxylic acids is 1. The second-order valence-corrected chi connectivity index (χ2v) is 3.59. The number of benzene rings is 1. The lowest BCUT2D eigenvalue weighted by atomic mass is 10.2. The van der Waals surface area contributed by atoms with E-state index in [1.807, 2.05) is 13.8 Å². The highest BCUT2D eigenvalue weighted by Gasteiger charge is 2.03. The molecule has 0 saturated carbocycles. The van der Waals surface area contributed by atoms with Crippen LogP contribution in [-0.2, 0) is 4.79 Å². The van der Waals surface area contributed by atoms with Crippen LogP contribution in [0.5, 0.6) is 5.75 Å². The summed E-state index contributed by atoms with van der Waals surface area (Å²) in [5, 5.41) is 3.32. The Morgan fingerprint density at radius 3 is 2.87 bits per heavy atom. The number of rotatable bonds is 4. The summed E-state index contributed by atoms with van der Waals surface area (Å²) in [4.78, 5) is 11.1. The lowest BCUT2D eigenvalue weighted by Gasteiger charge is -2.08. The van der Waals surface area contributed by atoms with Crippen molar-refractivity contribution in [3.8, 4) is 5.75 Å². The third kappa shape index (κ3) is 3.80. The first-order valence-corrected chi connectivity index (χ1v) is 5.17. The van der Waals surface area contributed by atoms with Crippen LogP contribution in [0.2, 0.25) is 5.02 Å². The molecule has 0 saturated heterocycles. The van der Waals surface area contributed by atoms with Crippen molar-refractivity contribution in [3.05, 3.63) is 28.8 Å². The highest BCUT2D eigenvalue weighted by atomic mass is 35.5. The van der Waals surface area contributed by atoms with Crippen molar-refractivity contribution in [2.24, 2.45) is 0 Å². The lowest BCUT2D eigenvalue weighted by molar-refractivity contribution is -0.122. The number of hydrogen-bond donors (Lipinski definition) is 1. The number of halogens is 1. The first-order chi connectivity index (χ1) is 7.13. The predicted molar refractivity (Wildman–Crippen MR) is 60.4 cm³/mol. The summed E-state index contributed by atoms with van der Waals surface area (Å²) >= 11 is 5.79. The summed E-state index contributed by atoms with van der Waals surface area (Å²) in [6.07, 6.45) is 0. The maximum Gasteiger partial charge on any atom is 0.257 e. The van der Waals surface area contributed by atoms with Crippen LogP contribution in [0.1, 0.15) is 12.5 Å². The van der Waals surface area contributed by atoms with Crippen molar-refractivity contribution < 1.29 is 9.53 Å². The highest BCUT2D eigenvalue weighted by Crippen LogP contribution is 2.21. The Bertz CT molecular complexity index is 352. The van der Waals surface area contributed by atoms with Gasteiger partial charge in [0.25, 0.3) is 5.91 Å². The van der Waals surface area contributed by atoms with Gasteiger partial charge in [0, 0.05) is 11.6 Å². The van der Waals surface area contributed by atoms with Gasteiger partial charge >= 0.3 is 0 Å². The topological polar surface area (TPSA) is 38.3 Å². The molecule has 0 atom stereocenters. The Labute approximate surface area is 94.4 Å². The molecule has 0 bridgehead atoms. The average Bonchev–Trinajstić information content (AvgIpc) is 2.17. The maximum atomic E-state index is 11.1. The molecule has 15 heavy (non-hydrogen) atoms. The average molecular weight is 228 g/mol. The fourth-order valence-electron chi connectivity index (χ4n) is 1.17. The quantitative estimate of drug-likeness (QED) is 0.856. The molecular formula is C11H14ClNO2. The van der Waals surface area contributed by atoms with Crippen molar-refractivity contribution in [1.82, 2.24) is 5.32 Å². The molecule has 4 heteroatoms. The van der Waals surface area contributed by atoms with Crippen LogP contribution < -0.4 is 10.1 Å². The summed E-state index contributed by atoms with van der Waals surface area (Å²) in [5.74, 6) is 0.567. The standard InChI is InChI=1S/C11H14ClNO2/c1-3-13-11(14)7-15-10-5-4-9(12)6-8(10)2/h4-6H,3,7H2,1-2H3,(H,13,14). The third-order valence-corrected chi connectivity index (χ3v) is 2.10. The van der Waals surface area contributed by atoms with Crippen LogP contribution >= 0.6 is 11.6 Å².